The van der Waals surface area contributed by atoms with Gasteiger partial charge < -0.3 is 10.6 Å². The average Bonchev–Trinajstić information content (AvgIpc) is 2.95. The van der Waals surface area contributed by atoms with E-state index in [9.17, 15) is 4.79 Å². The van der Waals surface area contributed by atoms with Crippen LogP contribution >= 0.6 is 12.4 Å². The lowest BCUT2D eigenvalue weighted by molar-refractivity contribution is -0.124. The maximum atomic E-state index is 12.2. The van der Waals surface area contributed by atoms with E-state index in [4.69, 9.17) is 0 Å². The third-order valence-corrected chi connectivity index (χ3v) is 4.75. The number of carbonyl (C=O) groups excluding carboxylic acids is 1. The second-order valence-corrected chi connectivity index (χ2v) is 6.53. The van der Waals surface area contributed by atoms with Crippen LogP contribution < -0.4 is 10.6 Å². The van der Waals surface area contributed by atoms with Crippen LogP contribution in [0.4, 0.5) is 0 Å². The van der Waals surface area contributed by atoms with Gasteiger partial charge in [0.2, 0.25) is 5.91 Å². The molecule has 124 valence electrons. The van der Waals surface area contributed by atoms with Gasteiger partial charge in [-0.2, -0.15) is 0 Å². The second-order valence-electron chi connectivity index (χ2n) is 6.53. The Morgan fingerprint density at radius 3 is 2.59 bits per heavy atom. The van der Waals surface area contributed by atoms with Crippen LogP contribution in [0.5, 0.6) is 0 Å². The Bertz CT molecular complexity index is 484. The lowest BCUT2D eigenvalue weighted by Crippen LogP contribution is -2.42. The van der Waals surface area contributed by atoms with Crippen molar-refractivity contribution in [2.45, 2.75) is 44.9 Å². The van der Waals surface area contributed by atoms with E-state index in [1.54, 1.807) is 0 Å². The summed E-state index contributed by atoms with van der Waals surface area (Å²) < 4.78 is 0. The molecular weight excluding hydrogens is 296 g/mol. The molecule has 1 aromatic rings. The minimum atomic E-state index is 0. The number of aryl methyl sites for hydroxylation is 1. The van der Waals surface area contributed by atoms with E-state index < -0.39 is 0 Å². The first kappa shape index (κ1) is 19.0. The average molecular weight is 325 g/mol. The maximum Gasteiger partial charge on any atom is 0.224 e. The zero-order chi connectivity index (χ0) is 15.3. The van der Waals surface area contributed by atoms with Crippen LogP contribution in [0, 0.1) is 12.8 Å². The first-order valence-corrected chi connectivity index (χ1v) is 8.07. The number of hydrogen-bond donors (Lipinski definition) is 2. The Kier molecular flexibility index (Phi) is 7.37. The molecular formula is C18H29ClN2O. The Balaban J connectivity index is 0.00000242. The van der Waals surface area contributed by atoms with Crippen LogP contribution in [0.2, 0.25) is 0 Å². The first-order valence-electron chi connectivity index (χ1n) is 8.07. The fraction of sp³-hybridized carbons (Fsp3) is 0.611. The highest BCUT2D eigenvalue weighted by molar-refractivity contribution is 5.85. The standard InChI is InChI=1S/C18H28N2O.ClH/c1-14-7-6-8-16(11-14)18(9-4-5-10-18)13-20-17(21)15(2)12-19-3;/h6-8,11,15,19H,4-5,9-10,12-13H2,1-3H3,(H,20,21);1H. The van der Waals surface area contributed by atoms with Crippen molar-refractivity contribution in [3.63, 3.8) is 0 Å². The number of amides is 1. The molecule has 4 heteroatoms. The second kappa shape index (κ2) is 8.54. The van der Waals surface area contributed by atoms with Crippen molar-refractivity contribution in [3.8, 4) is 0 Å². The van der Waals surface area contributed by atoms with Crippen molar-refractivity contribution in [1.82, 2.24) is 10.6 Å². The van der Waals surface area contributed by atoms with Gasteiger partial charge in [0.05, 0.1) is 0 Å². The fourth-order valence-corrected chi connectivity index (χ4v) is 3.42. The molecule has 3 nitrogen and oxygen atoms in total. The molecule has 0 bridgehead atoms. The molecule has 2 N–H and O–H groups in total. The zero-order valence-corrected chi connectivity index (χ0v) is 14.8. The smallest absolute Gasteiger partial charge is 0.224 e. The quantitative estimate of drug-likeness (QED) is 0.843. The summed E-state index contributed by atoms with van der Waals surface area (Å²) in [6.45, 7) is 5.60. The SMILES string of the molecule is CNCC(C)C(=O)NCC1(c2cccc(C)c2)CCCC1.Cl. The van der Waals surface area contributed by atoms with Crippen LogP contribution in [0.15, 0.2) is 24.3 Å². The molecule has 1 atom stereocenters. The minimum absolute atomic E-state index is 0. The first-order chi connectivity index (χ1) is 10.1. The molecule has 0 heterocycles. The Labute approximate surface area is 140 Å². The van der Waals surface area contributed by atoms with Crippen LogP contribution in [0.25, 0.3) is 0 Å². The van der Waals surface area contributed by atoms with Crippen molar-refractivity contribution in [3.05, 3.63) is 35.4 Å². The summed E-state index contributed by atoms with van der Waals surface area (Å²) in [7, 11) is 1.88. The van der Waals surface area contributed by atoms with Gasteiger partial charge in [-0.15, -0.1) is 12.4 Å². The largest absolute Gasteiger partial charge is 0.355 e. The molecule has 1 aliphatic carbocycles. The number of benzene rings is 1. The van der Waals surface area contributed by atoms with E-state index in [0.29, 0.717) is 0 Å². The predicted octanol–water partition coefficient (Wildman–Crippen LogP) is 3.20. The number of rotatable bonds is 6. The molecule has 0 saturated heterocycles. The molecule has 1 fully saturated rings. The van der Waals surface area contributed by atoms with Crippen LogP contribution in [0.3, 0.4) is 0 Å². The highest BCUT2D eigenvalue weighted by atomic mass is 35.5. The molecule has 0 radical (unpaired) electrons. The summed E-state index contributed by atoms with van der Waals surface area (Å²) in [5.74, 6) is 0.175. The van der Waals surface area contributed by atoms with E-state index in [1.807, 2.05) is 14.0 Å². The number of nitrogens with one attached hydrogen (secondary N) is 2. The highest BCUT2D eigenvalue weighted by Crippen LogP contribution is 2.40. The number of carbonyl (C=O) groups is 1. The van der Waals surface area contributed by atoms with Gasteiger partial charge in [-0.25, -0.2) is 0 Å². The van der Waals surface area contributed by atoms with E-state index in [1.165, 1.54) is 36.8 Å². The lowest BCUT2D eigenvalue weighted by Gasteiger charge is -2.31. The summed E-state index contributed by atoms with van der Waals surface area (Å²) in [6, 6.07) is 8.78. The molecule has 22 heavy (non-hydrogen) atoms. The fourth-order valence-electron chi connectivity index (χ4n) is 3.42. The lowest BCUT2D eigenvalue weighted by atomic mass is 9.78. The van der Waals surface area contributed by atoms with Crippen molar-refractivity contribution >= 4 is 18.3 Å². The van der Waals surface area contributed by atoms with Gasteiger partial charge in [-0.1, -0.05) is 49.6 Å². The molecule has 1 aliphatic rings. The summed E-state index contributed by atoms with van der Waals surface area (Å²) in [5.41, 5.74) is 2.83. The molecule has 0 aliphatic heterocycles. The Hall–Kier alpha value is -1.06. The predicted molar refractivity (Wildman–Crippen MR) is 94.7 cm³/mol. The summed E-state index contributed by atoms with van der Waals surface area (Å²) in [4.78, 5) is 12.2. The van der Waals surface area contributed by atoms with Gasteiger partial charge in [0.1, 0.15) is 0 Å². The monoisotopic (exact) mass is 324 g/mol. The van der Waals surface area contributed by atoms with Crippen LogP contribution in [-0.4, -0.2) is 26.0 Å². The molecule has 1 unspecified atom stereocenters. The molecule has 1 aromatic carbocycles. The summed E-state index contributed by atoms with van der Waals surface area (Å²) in [5, 5.41) is 6.25. The van der Waals surface area contributed by atoms with Gasteiger partial charge >= 0.3 is 0 Å². The minimum Gasteiger partial charge on any atom is -0.355 e. The Morgan fingerprint density at radius 2 is 2.00 bits per heavy atom. The third-order valence-electron chi connectivity index (χ3n) is 4.75. The molecule has 1 saturated carbocycles. The van der Waals surface area contributed by atoms with E-state index in [0.717, 1.165) is 13.1 Å². The summed E-state index contributed by atoms with van der Waals surface area (Å²) in [6.07, 6.45) is 4.88. The maximum absolute atomic E-state index is 12.2. The van der Waals surface area contributed by atoms with Crippen molar-refractivity contribution in [2.24, 2.45) is 5.92 Å². The molecule has 2 rings (SSSR count). The van der Waals surface area contributed by atoms with Crippen molar-refractivity contribution in [1.29, 1.82) is 0 Å². The van der Waals surface area contributed by atoms with E-state index in [2.05, 4.69) is 41.8 Å². The highest BCUT2D eigenvalue weighted by Gasteiger charge is 2.36. The zero-order valence-electron chi connectivity index (χ0n) is 13.9. The van der Waals surface area contributed by atoms with E-state index in [-0.39, 0.29) is 29.6 Å². The molecule has 0 aromatic heterocycles. The third kappa shape index (κ3) is 4.47. The topological polar surface area (TPSA) is 41.1 Å². The van der Waals surface area contributed by atoms with Gasteiger partial charge in [0.15, 0.2) is 0 Å². The van der Waals surface area contributed by atoms with Gasteiger partial charge in [0, 0.05) is 24.4 Å². The number of halogens is 1. The van der Waals surface area contributed by atoms with Crippen molar-refractivity contribution < 1.29 is 4.79 Å². The van der Waals surface area contributed by atoms with Crippen LogP contribution in [0.1, 0.15) is 43.7 Å². The van der Waals surface area contributed by atoms with Crippen LogP contribution in [-0.2, 0) is 10.2 Å². The number of hydrogen-bond acceptors (Lipinski definition) is 2. The van der Waals surface area contributed by atoms with Gasteiger partial charge in [0.25, 0.3) is 0 Å². The normalized spacial score (nSPS) is 17.6. The summed E-state index contributed by atoms with van der Waals surface area (Å²) >= 11 is 0. The van der Waals surface area contributed by atoms with Gasteiger partial charge in [-0.3, -0.25) is 4.79 Å². The van der Waals surface area contributed by atoms with E-state index >= 15 is 0 Å². The van der Waals surface area contributed by atoms with Gasteiger partial charge in [-0.05, 0) is 32.4 Å². The molecule has 1 amide bonds. The Morgan fingerprint density at radius 1 is 1.32 bits per heavy atom. The molecule has 0 spiro atoms. The van der Waals surface area contributed by atoms with Crippen molar-refractivity contribution in [2.75, 3.05) is 20.1 Å².